The summed E-state index contributed by atoms with van der Waals surface area (Å²) in [6.45, 7) is 4.05. The van der Waals surface area contributed by atoms with Crippen molar-refractivity contribution in [3.63, 3.8) is 0 Å². The van der Waals surface area contributed by atoms with E-state index in [0.29, 0.717) is 6.61 Å². The van der Waals surface area contributed by atoms with Crippen molar-refractivity contribution < 1.29 is 4.74 Å². The maximum atomic E-state index is 5.49. The summed E-state index contributed by atoms with van der Waals surface area (Å²) in [4.78, 5) is 7.99. The lowest BCUT2D eigenvalue weighted by molar-refractivity contribution is 0.336. The van der Waals surface area contributed by atoms with E-state index in [2.05, 4.69) is 22.0 Å². The van der Waals surface area contributed by atoms with Gasteiger partial charge in [0.2, 0.25) is 0 Å². The van der Waals surface area contributed by atoms with E-state index in [1.54, 1.807) is 12.4 Å². The van der Waals surface area contributed by atoms with E-state index < -0.39 is 0 Å². The van der Waals surface area contributed by atoms with Gasteiger partial charge < -0.3 is 10.1 Å². The molecule has 4 nitrogen and oxygen atoms in total. The molecule has 1 aromatic heterocycles. The molecular formula is C10H11N3O. The van der Waals surface area contributed by atoms with Gasteiger partial charge in [-0.1, -0.05) is 0 Å². The molecule has 0 atom stereocenters. The average Bonchev–Trinajstić information content (AvgIpc) is 2.27. The molecule has 0 aromatic carbocycles. The highest BCUT2D eigenvalue weighted by Crippen LogP contribution is 2.31. The SMILES string of the molecule is C=NC1=C(NC)COc2cnccc21. The Morgan fingerprint density at radius 2 is 2.50 bits per heavy atom. The standard InChI is InChI=1S/C10H11N3O/c1-11-8-6-14-9-5-13-4-3-7(9)10(8)12-2/h3-5,11H,2,6H2,1H3. The lowest BCUT2D eigenvalue weighted by Crippen LogP contribution is -2.20. The van der Waals surface area contributed by atoms with Crippen molar-refractivity contribution in [2.75, 3.05) is 13.7 Å². The van der Waals surface area contributed by atoms with E-state index >= 15 is 0 Å². The predicted molar refractivity (Wildman–Crippen MR) is 55.3 cm³/mol. The molecule has 0 aliphatic carbocycles. The zero-order chi connectivity index (χ0) is 9.97. The highest BCUT2D eigenvalue weighted by Gasteiger charge is 2.18. The molecule has 0 unspecified atom stereocenters. The number of rotatable bonds is 2. The van der Waals surface area contributed by atoms with E-state index in [0.717, 1.165) is 22.7 Å². The minimum Gasteiger partial charge on any atom is -0.485 e. The van der Waals surface area contributed by atoms with Crippen LogP contribution in [0.25, 0.3) is 5.70 Å². The van der Waals surface area contributed by atoms with Crippen LogP contribution in [0.2, 0.25) is 0 Å². The van der Waals surface area contributed by atoms with Crippen LogP contribution in [0.1, 0.15) is 5.56 Å². The summed E-state index contributed by atoms with van der Waals surface area (Å²) in [6.07, 6.45) is 3.40. The minimum atomic E-state index is 0.490. The highest BCUT2D eigenvalue weighted by molar-refractivity contribution is 5.75. The van der Waals surface area contributed by atoms with E-state index in [-0.39, 0.29) is 0 Å². The predicted octanol–water partition coefficient (Wildman–Crippen LogP) is 1.06. The Hall–Kier alpha value is -1.84. The normalized spacial score (nSPS) is 14.4. The van der Waals surface area contributed by atoms with Gasteiger partial charge in [-0.15, -0.1) is 0 Å². The summed E-state index contributed by atoms with van der Waals surface area (Å²) in [5.74, 6) is 0.758. The smallest absolute Gasteiger partial charge is 0.147 e. The summed E-state index contributed by atoms with van der Waals surface area (Å²) in [7, 11) is 1.84. The van der Waals surface area contributed by atoms with Crippen LogP contribution in [0.5, 0.6) is 5.75 Å². The number of fused-ring (bicyclic) bond motifs is 1. The van der Waals surface area contributed by atoms with Crippen LogP contribution in [0.3, 0.4) is 0 Å². The van der Waals surface area contributed by atoms with Gasteiger partial charge in [0.25, 0.3) is 0 Å². The van der Waals surface area contributed by atoms with Gasteiger partial charge in [0.05, 0.1) is 17.6 Å². The second-order valence-electron chi connectivity index (χ2n) is 2.90. The molecule has 72 valence electrons. The summed E-state index contributed by atoms with van der Waals surface area (Å²) < 4.78 is 5.49. The van der Waals surface area contributed by atoms with Gasteiger partial charge in [0, 0.05) is 18.8 Å². The second-order valence-corrected chi connectivity index (χ2v) is 2.90. The molecule has 2 rings (SSSR count). The van der Waals surface area contributed by atoms with Crippen LogP contribution >= 0.6 is 0 Å². The average molecular weight is 189 g/mol. The zero-order valence-corrected chi connectivity index (χ0v) is 7.95. The van der Waals surface area contributed by atoms with E-state index in [4.69, 9.17) is 4.74 Å². The van der Waals surface area contributed by atoms with Gasteiger partial charge in [0.15, 0.2) is 0 Å². The van der Waals surface area contributed by atoms with Crippen molar-refractivity contribution in [2.24, 2.45) is 4.99 Å². The summed E-state index contributed by atoms with van der Waals surface area (Å²) in [6, 6.07) is 1.87. The summed E-state index contributed by atoms with van der Waals surface area (Å²) in [5, 5.41) is 3.05. The number of likely N-dealkylation sites (N-methyl/N-ethyl adjacent to an activating group) is 1. The van der Waals surface area contributed by atoms with Crippen LogP contribution < -0.4 is 10.1 Å². The van der Waals surface area contributed by atoms with Crippen LogP contribution in [-0.4, -0.2) is 25.4 Å². The Balaban J connectivity index is 2.57. The molecular weight excluding hydrogens is 178 g/mol. The Kier molecular flexibility index (Phi) is 2.18. The number of pyridine rings is 1. The lowest BCUT2D eigenvalue weighted by Gasteiger charge is -2.20. The first-order chi connectivity index (χ1) is 6.86. The van der Waals surface area contributed by atoms with Gasteiger partial charge in [0.1, 0.15) is 12.4 Å². The molecule has 14 heavy (non-hydrogen) atoms. The number of ether oxygens (including phenoxy) is 1. The first kappa shape index (κ1) is 8.74. The number of hydrogen-bond acceptors (Lipinski definition) is 4. The largest absolute Gasteiger partial charge is 0.485 e. The Morgan fingerprint density at radius 3 is 3.21 bits per heavy atom. The van der Waals surface area contributed by atoms with Crippen molar-refractivity contribution in [2.45, 2.75) is 0 Å². The third-order valence-corrected chi connectivity index (χ3v) is 2.16. The second kappa shape index (κ2) is 3.49. The first-order valence-corrected chi connectivity index (χ1v) is 4.31. The van der Waals surface area contributed by atoms with Crippen LogP contribution in [0.4, 0.5) is 0 Å². The topological polar surface area (TPSA) is 46.5 Å². The molecule has 0 radical (unpaired) electrons. The van der Waals surface area contributed by atoms with Crippen molar-refractivity contribution in [1.82, 2.24) is 10.3 Å². The monoisotopic (exact) mass is 189 g/mol. The van der Waals surface area contributed by atoms with Crippen LogP contribution in [-0.2, 0) is 0 Å². The first-order valence-electron chi connectivity index (χ1n) is 4.31. The Morgan fingerprint density at radius 1 is 1.64 bits per heavy atom. The maximum Gasteiger partial charge on any atom is 0.147 e. The van der Waals surface area contributed by atoms with Crippen LogP contribution in [0, 0.1) is 0 Å². The molecule has 1 N–H and O–H groups in total. The minimum absolute atomic E-state index is 0.490. The molecule has 1 aliphatic heterocycles. The molecule has 4 heteroatoms. The van der Waals surface area contributed by atoms with Gasteiger partial charge in [-0.05, 0) is 12.8 Å². The van der Waals surface area contributed by atoms with Gasteiger partial charge in [-0.3, -0.25) is 9.98 Å². The molecule has 0 amide bonds. The van der Waals surface area contributed by atoms with Crippen molar-refractivity contribution in [3.05, 3.63) is 29.7 Å². The van der Waals surface area contributed by atoms with E-state index in [1.165, 1.54) is 0 Å². The molecule has 1 aliphatic rings. The fourth-order valence-electron chi connectivity index (χ4n) is 1.44. The summed E-state index contributed by atoms with van der Waals surface area (Å²) in [5.41, 5.74) is 2.72. The third kappa shape index (κ3) is 1.25. The summed E-state index contributed by atoms with van der Waals surface area (Å²) >= 11 is 0. The van der Waals surface area contributed by atoms with Gasteiger partial charge >= 0.3 is 0 Å². The van der Waals surface area contributed by atoms with E-state index in [9.17, 15) is 0 Å². The molecule has 0 bridgehead atoms. The molecule has 2 heterocycles. The molecule has 0 saturated heterocycles. The quantitative estimate of drug-likeness (QED) is 0.708. The Labute approximate surface area is 82.3 Å². The third-order valence-electron chi connectivity index (χ3n) is 2.16. The molecule has 0 saturated carbocycles. The number of aromatic nitrogens is 1. The van der Waals surface area contributed by atoms with Crippen molar-refractivity contribution in [1.29, 1.82) is 0 Å². The fourth-order valence-corrected chi connectivity index (χ4v) is 1.44. The molecule has 1 aromatic rings. The van der Waals surface area contributed by atoms with Gasteiger partial charge in [-0.25, -0.2) is 0 Å². The van der Waals surface area contributed by atoms with Crippen LogP contribution in [0.15, 0.2) is 29.1 Å². The van der Waals surface area contributed by atoms with Crippen molar-refractivity contribution >= 4 is 12.4 Å². The highest BCUT2D eigenvalue weighted by atomic mass is 16.5. The number of aliphatic imine (C=N–C) groups is 1. The number of nitrogens with zero attached hydrogens (tertiary/aromatic N) is 2. The zero-order valence-electron chi connectivity index (χ0n) is 7.95. The number of nitrogens with one attached hydrogen (secondary N) is 1. The molecule has 0 fully saturated rings. The van der Waals surface area contributed by atoms with Gasteiger partial charge in [-0.2, -0.15) is 0 Å². The molecule has 0 spiro atoms. The Bertz CT molecular complexity index is 398. The fraction of sp³-hybridized carbons (Fsp3) is 0.200. The lowest BCUT2D eigenvalue weighted by atomic mass is 10.1. The number of hydrogen-bond donors (Lipinski definition) is 1. The van der Waals surface area contributed by atoms with E-state index in [1.807, 2.05) is 13.1 Å². The maximum absolute atomic E-state index is 5.49. The van der Waals surface area contributed by atoms with Crippen molar-refractivity contribution in [3.8, 4) is 5.75 Å².